The molecule has 0 aliphatic carbocycles. The van der Waals surface area contributed by atoms with E-state index in [1.807, 2.05) is 0 Å². The predicted molar refractivity (Wildman–Crippen MR) is 73.8 cm³/mol. The predicted octanol–water partition coefficient (Wildman–Crippen LogP) is 3.16. The number of halogens is 1. The Labute approximate surface area is 123 Å². The SMILES string of the molecule is Cc1csc(COC(=O)c2cc(F)cc(C)c2[N+](=O)[O-])n1. The van der Waals surface area contributed by atoms with Gasteiger partial charge in [0.15, 0.2) is 0 Å². The van der Waals surface area contributed by atoms with Crippen LogP contribution in [0.3, 0.4) is 0 Å². The van der Waals surface area contributed by atoms with Crippen LogP contribution in [0.4, 0.5) is 10.1 Å². The Morgan fingerprint density at radius 3 is 2.76 bits per heavy atom. The van der Waals surface area contributed by atoms with Crippen molar-refractivity contribution in [2.45, 2.75) is 20.5 Å². The first-order valence-electron chi connectivity index (χ1n) is 5.91. The van der Waals surface area contributed by atoms with Crippen molar-refractivity contribution in [2.24, 2.45) is 0 Å². The molecule has 21 heavy (non-hydrogen) atoms. The first-order chi connectivity index (χ1) is 9.88. The Kier molecular flexibility index (Phi) is 4.27. The molecule has 0 unspecified atom stereocenters. The molecule has 0 N–H and O–H groups in total. The van der Waals surface area contributed by atoms with E-state index in [-0.39, 0.29) is 12.2 Å². The Morgan fingerprint density at radius 1 is 1.48 bits per heavy atom. The normalized spacial score (nSPS) is 10.4. The minimum atomic E-state index is -0.947. The smallest absolute Gasteiger partial charge is 0.345 e. The number of aryl methyl sites for hydroxylation is 2. The number of rotatable bonds is 4. The molecular weight excluding hydrogens is 299 g/mol. The maximum atomic E-state index is 13.4. The lowest BCUT2D eigenvalue weighted by atomic mass is 10.1. The molecule has 0 atom stereocenters. The first kappa shape index (κ1) is 15.0. The Morgan fingerprint density at radius 2 is 2.19 bits per heavy atom. The van der Waals surface area contributed by atoms with Crippen molar-refractivity contribution in [1.82, 2.24) is 4.98 Å². The largest absolute Gasteiger partial charge is 0.455 e. The van der Waals surface area contributed by atoms with E-state index in [9.17, 15) is 19.3 Å². The molecule has 2 rings (SSSR count). The monoisotopic (exact) mass is 310 g/mol. The summed E-state index contributed by atoms with van der Waals surface area (Å²) in [7, 11) is 0. The van der Waals surface area contributed by atoms with Gasteiger partial charge in [0.1, 0.15) is 23.0 Å². The van der Waals surface area contributed by atoms with Gasteiger partial charge in [-0.05, 0) is 26.0 Å². The van der Waals surface area contributed by atoms with Crippen LogP contribution in [0.15, 0.2) is 17.5 Å². The lowest BCUT2D eigenvalue weighted by molar-refractivity contribution is -0.385. The number of nitro groups is 1. The highest BCUT2D eigenvalue weighted by Gasteiger charge is 2.25. The molecule has 6 nitrogen and oxygen atoms in total. The van der Waals surface area contributed by atoms with Gasteiger partial charge in [0.2, 0.25) is 0 Å². The third-order valence-corrected chi connectivity index (χ3v) is 3.60. The fraction of sp³-hybridized carbons (Fsp3) is 0.231. The molecule has 0 aliphatic heterocycles. The summed E-state index contributed by atoms with van der Waals surface area (Å²) in [4.78, 5) is 26.3. The number of carbonyl (C=O) groups excluding carboxylic acids is 1. The lowest BCUT2D eigenvalue weighted by Crippen LogP contribution is -2.10. The van der Waals surface area contributed by atoms with E-state index in [4.69, 9.17) is 4.74 Å². The van der Waals surface area contributed by atoms with Gasteiger partial charge in [-0.15, -0.1) is 11.3 Å². The summed E-state index contributed by atoms with van der Waals surface area (Å²) in [5.74, 6) is -1.67. The van der Waals surface area contributed by atoms with Gasteiger partial charge in [-0.2, -0.15) is 0 Å². The average molecular weight is 310 g/mol. The highest BCUT2D eigenvalue weighted by molar-refractivity contribution is 7.09. The van der Waals surface area contributed by atoms with Crippen LogP contribution in [0.2, 0.25) is 0 Å². The number of aromatic nitrogens is 1. The second-order valence-electron chi connectivity index (χ2n) is 4.33. The molecule has 110 valence electrons. The standard InChI is InChI=1S/C13H11FN2O4S/c1-7-3-9(14)4-10(12(7)16(18)19)13(17)20-5-11-15-8(2)6-21-11/h3-4,6H,5H2,1-2H3. The molecule has 0 fully saturated rings. The molecule has 0 spiro atoms. The summed E-state index contributed by atoms with van der Waals surface area (Å²) in [5, 5.41) is 13.4. The molecule has 0 bridgehead atoms. The topological polar surface area (TPSA) is 82.3 Å². The molecule has 2 aromatic rings. The molecule has 1 heterocycles. The maximum absolute atomic E-state index is 13.4. The number of esters is 1. The summed E-state index contributed by atoms with van der Waals surface area (Å²) in [6.45, 7) is 3.05. The lowest BCUT2D eigenvalue weighted by Gasteiger charge is -2.06. The Bertz CT molecular complexity index is 714. The van der Waals surface area contributed by atoms with Crippen LogP contribution < -0.4 is 0 Å². The van der Waals surface area contributed by atoms with Gasteiger partial charge in [-0.25, -0.2) is 14.2 Å². The quantitative estimate of drug-likeness (QED) is 0.492. The third-order valence-electron chi connectivity index (χ3n) is 2.66. The first-order valence-corrected chi connectivity index (χ1v) is 6.79. The zero-order chi connectivity index (χ0) is 15.6. The second kappa shape index (κ2) is 5.96. The van der Waals surface area contributed by atoms with Crippen LogP contribution in [0.25, 0.3) is 0 Å². The van der Waals surface area contributed by atoms with Crippen molar-refractivity contribution >= 4 is 23.0 Å². The fourth-order valence-electron chi connectivity index (χ4n) is 1.81. The van der Waals surface area contributed by atoms with Crippen LogP contribution in [0.1, 0.15) is 26.6 Å². The molecule has 0 aliphatic rings. The Hall–Kier alpha value is -2.35. The molecule has 0 amide bonds. The van der Waals surface area contributed by atoms with E-state index in [1.54, 1.807) is 12.3 Å². The number of benzene rings is 1. The van der Waals surface area contributed by atoms with Crippen LogP contribution in [-0.4, -0.2) is 15.9 Å². The summed E-state index contributed by atoms with van der Waals surface area (Å²) < 4.78 is 18.3. The summed E-state index contributed by atoms with van der Waals surface area (Å²) in [5.41, 5.74) is 0.0122. The van der Waals surface area contributed by atoms with E-state index in [1.165, 1.54) is 18.3 Å². The van der Waals surface area contributed by atoms with Crippen molar-refractivity contribution in [2.75, 3.05) is 0 Å². The number of nitrogens with zero attached hydrogens (tertiary/aromatic N) is 2. The van der Waals surface area contributed by atoms with Crippen molar-refractivity contribution < 1.29 is 18.8 Å². The maximum Gasteiger partial charge on any atom is 0.345 e. The number of hydrogen-bond acceptors (Lipinski definition) is 6. The minimum absolute atomic E-state index is 0.0667. The van der Waals surface area contributed by atoms with Crippen LogP contribution in [0.5, 0.6) is 0 Å². The summed E-state index contributed by atoms with van der Waals surface area (Å²) in [6.07, 6.45) is 0. The molecular formula is C13H11FN2O4S. The van der Waals surface area contributed by atoms with Crippen molar-refractivity contribution in [1.29, 1.82) is 0 Å². The van der Waals surface area contributed by atoms with Crippen molar-refractivity contribution in [3.8, 4) is 0 Å². The fourth-order valence-corrected chi connectivity index (χ4v) is 2.49. The third kappa shape index (κ3) is 3.40. The number of carbonyl (C=O) groups is 1. The number of thiazole rings is 1. The van der Waals surface area contributed by atoms with E-state index < -0.39 is 28.0 Å². The van der Waals surface area contributed by atoms with E-state index >= 15 is 0 Å². The Balaban J connectivity index is 2.24. The highest BCUT2D eigenvalue weighted by atomic mass is 32.1. The van der Waals surface area contributed by atoms with E-state index in [2.05, 4.69) is 4.98 Å². The van der Waals surface area contributed by atoms with Gasteiger partial charge in [-0.1, -0.05) is 0 Å². The van der Waals surface area contributed by atoms with Crippen LogP contribution in [-0.2, 0) is 11.3 Å². The summed E-state index contributed by atoms with van der Waals surface area (Å²) in [6, 6.07) is 1.81. The molecule has 0 radical (unpaired) electrons. The zero-order valence-electron chi connectivity index (χ0n) is 11.3. The van der Waals surface area contributed by atoms with Crippen LogP contribution >= 0.6 is 11.3 Å². The highest BCUT2D eigenvalue weighted by Crippen LogP contribution is 2.26. The molecule has 8 heteroatoms. The van der Waals surface area contributed by atoms with E-state index in [0.717, 1.165) is 17.8 Å². The van der Waals surface area contributed by atoms with E-state index in [0.29, 0.717) is 5.01 Å². The molecule has 0 saturated heterocycles. The van der Waals surface area contributed by atoms with Gasteiger partial charge in [0.25, 0.3) is 5.69 Å². The van der Waals surface area contributed by atoms with Crippen molar-refractivity contribution in [3.63, 3.8) is 0 Å². The molecule has 1 aromatic heterocycles. The van der Waals surface area contributed by atoms with Gasteiger partial charge >= 0.3 is 5.97 Å². The van der Waals surface area contributed by atoms with Gasteiger partial charge in [-0.3, -0.25) is 10.1 Å². The average Bonchev–Trinajstić information content (AvgIpc) is 2.80. The van der Waals surface area contributed by atoms with Gasteiger partial charge in [0, 0.05) is 16.6 Å². The molecule has 1 aromatic carbocycles. The second-order valence-corrected chi connectivity index (χ2v) is 5.28. The number of hydrogen-bond donors (Lipinski definition) is 0. The van der Waals surface area contributed by atoms with Crippen LogP contribution in [0, 0.1) is 29.8 Å². The minimum Gasteiger partial charge on any atom is -0.455 e. The van der Waals surface area contributed by atoms with Gasteiger partial charge < -0.3 is 4.74 Å². The van der Waals surface area contributed by atoms with Crippen molar-refractivity contribution in [3.05, 3.63) is 55.3 Å². The number of ether oxygens (including phenoxy) is 1. The van der Waals surface area contributed by atoms with Gasteiger partial charge in [0.05, 0.1) is 4.92 Å². The number of nitro benzene ring substituents is 1. The summed E-state index contributed by atoms with van der Waals surface area (Å²) >= 11 is 1.31. The molecule has 0 saturated carbocycles. The zero-order valence-corrected chi connectivity index (χ0v) is 12.1.